The molecule has 10 heavy (non-hydrogen) atoms. The van der Waals surface area contributed by atoms with Gasteiger partial charge < -0.3 is 0 Å². The Balaban J connectivity index is 3.04. The van der Waals surface area contributed by atoms with Crippen LogP contribution >= 0.6 is 0 Å². The molecular weight excluding hydrogens is 124 g/mol. The molecule has 0 aromatic rings. The van der Waals surface area contributed by atoms with E-state index in [-0.39, 0.29) is 0 Å². The first-order valence-electron chi connectivity index (χ1n) is 4.08. The van der Waals surface area contributed by atoms with Crippen LogP contribution in [0.1, 0.15) is 39.5 Å². The first-order chi connectivity index (χ1) is 4.77. The van der Waals surface area contributed by atoms with E-state index in [2.05, 4.69) is 13.0 Å². The van der Waals surface area contributed by atoms with E-state index in [0.717, 1.165) is 6.42 Å². The first kappa shape index (κ1) is 9.70. The lowest BCUT2D eigenvalue weighted by Crippen LogP contribution is -1.92. The molecule has 1 heteroatoms. The van der Waals surface area contributed by atoms with Gasteiger partial charge in [0.25, 0.3) is 0 Å². The molecule has 0 heterocycles. The van der Waals surface area contributed by atoms with Crippen molar-refractivity contribution in [2.24, 2.45) is 0 Å². The standard InChI is InChI=1S/C9H17O/c1-3-4-5-6-7-8-9(2)10/h6-7,9H,3-5,8H2,1-2H3/b7-6+. The molecule has 0 aromatic carbocycles. The molecule has 59 valence electrons. The van der Waals surface area contributed by atoms with Crippen molar-refractivity contribution in [3.8, 4) is 0 Å². The summed E-state index contributed by atoms with van der Waals surface area (Å²) in [5, 5.41) is 10.5. The molecular formula is C9H17O. The third kappa shape index (κ3) is 7.70. The average molecular weight is 141 g/mol. The number of rotatable bonds is 5. The second-order valence-electron chi connectivity index (χ2n) is 2.66. The van der Waals surface area contributed by atoms with E-state index in [9.17, 15) is 5.11 Å². The van der Waals surface area contributed by atoms with Crippen LogP contribution < -0.4 is 0 Å². The van der Waals surface area contributed by atoms with Crippen LogP contribution in [-0.4, -0.2) is 6.10 Å². The molecule has 0 spiro atoms. The van der Waals surface area contributed by atoms with Crippen LogP contribution in [0.25, 0.3) is 0 Å². The Morgan fingerprint density at radius 2 is 2.10 bits per heavy atom. The summed E-state index contributed by atoms with van der Waals surface area (Å²) in [4.78, 5) is 0. The van der Waals surface area contributed by atoms with Crippen molar-refractivity contribution in [3.05, 3.63) is 12.2 Å². The molecule has 0 aliphatic rings. The van der Waals surface area contributed by atoms with E-state index in [4.69, 9.17) is 0 Å². The first-order valence-corrected chi connectivity index (χ1v) is 4.08. The van der Waals surface area contributed by atoms with E-state index < -0.39 is 6.10 Å². The topological polar surface area (TPSA) is 19.9 Å². The second kappa shape index (κ2) is 6.81. The summed E-state index contributed by atoms with van der Waals surface area (Å²) < 4.78 is 0. The molecule has 0 amide bonds. The van der Waals surface area contributed by atoms with E-state index in [1.165, 1.54) is 12.8 Å². The van der Waals surface area contributed by atoms with Crippen molar-refractivity contribution >= 4 is 0 Å². The fourth-order valence-electron chi connectivity index (χ4n) is 0.728. The molecule has 1 atom stereocenters. The molecule has 0 rings (SSSR count). The maximum Gasteiger partial charge on any atom is 0.0936 e. The summed E-state index contributed by atoms with van der Waals surface area (Å²) in [6.07, 6.45) is 7.96. The summed E-state index contributed by atoms with van der Waals surface area (Å²) >= 11 is 0. The van der Waals surface area contributed by atoms with Crippen molar-refractivity contribution in [2.45, 2.75) is 45.6 Å². The van der Waals surface area contributed by atoms with Gasteiger partial charge in [0.15, 0.2) is 0 Å². The van der Waals surface area contributed by atoms with Gasteiger partial charge in [-0.3, -0.25) is 0 Å². The van der Waals surface area contributed by atoms with Gasteiger partial charge >= 0.3 is 0 Å². The Kier molecular flexibility index (Phi) is 6.61. The quantitative estimate of drug-likeness (QED) is 0.414. The summed E-state index contributed by atoms with van der Waals surface area (Å²) in [5.74, 6) is 0. The van der Waals surface area contributed by atoms with Crippen LogP contribution in [0.2, 0.25) is 0 Å². The van der Waals surface area contributed by atoms with Gasteiger partial charge in [-0.1, -0.05) is 31.9 Å². The highest BCUT2D eigenvalue weighted by Crippen LogP contribution is 1.97. The molecule has 0 fully saturated rings. The Morgan fingerprint density at radius 1 is 1.40 bits per heavy atom. The Bertz CT molecular complexity index is 84.7. The van der Waals surface area contributed by atoms with Crippen LogP contribution in [0.4, 0.5) is 0 Å². The Labute approximate surface area is 63.8 Å². The zero-order chi connectivity index (χ0) is 7.82. The maximum atomic E-state index is 10.5. The second-order valence-corrected chi connectivity index (χ2v) is 2.66. The Hall–Kier alpha value is -0.300. The van der Waals surface area contributed by atoms with Crippen molar-refractivity contribution in [1.82, 2.24) is 0 Å². The average Bonchev–Trinajstić information content (AvgIpc) is 1.87. The SMILES string of the molecule is CCCC/C=C/CC(C)[O]. The Morgan fingerprint density at radius 3 is 2.60 bits per heavy atom. The third-order valence-corrected chi connectivity index (χ3v) is 1.36. The molecule has 0 aromatic heterocycles. The normalized spacial score (nSPS) is 14.3. The lowest BCUT2D eigenvalue weighted by Gasteiger charge is -1.92. The van der Waals surface area contributed by atoms with E-state index >= 15 is 0 Å². The van der Waals surface area contributed by atoms with Crippen molar-refractivity contribution in [1.29, 1.82) is 0 Å². The van der Waals surface area contributed by atoms with Crippen molar-refractivity contribution < 1.29 is 5.11 Å². The van der Waals surface area contributed by atoms with Crippen molar-refractivity contribution in [3.63, 3.8) is 0 Å². The number of unbranched alkanes of at least 4 members (excludes halogenated alkanes) is 2. The summed E-state index contributed by atoms with van der Waals surface area (Å²) in [5.41, 5.74) is 0. The number of hydrogen-bond donors (Lipinski definition) is 0. The molecule has 1 nitrogen and oxygen atoms in total. The van der Waals surface area contributed by atoms with Gasteiger partial charge in [0.2, 0.25) is 0 Å². The maximum absolute atomic E-state index is 10.5. The van der Waals surface area contributed by atoms with E-state index in [1.54, 1.807) is 6.92 Å². The summed E-state index contributed by atoms with van der Waals surface area (Å²) in [6, 6.07) is 0. The van der Waals surface area contributed by atoms with Crippen LogP contribution in [0, 0.1) is 0 Å². The third-order valence-electron chi connectivity index (χ3n) is 1.36. The molecule has 0 saturated carbocycles. The molecule has 0 N–H and O–H groups in total. The minimum atomic E-state index is -0.433. The molecule has 0 aliphatic heterocycles. The number of hydrogen-bond acceptors (Lipinski definition) is 0. The van der Waals surface area contributed by atoms with Gasteiger partial charge in [0, 0.05) is 0 Å². The molecule has 1 radical (unpaired) electrons. The lowest BCUT2D eigenvalue weighted by molar-refractivity contribution is 0.108. The number of allylic oxidation sites excluding steroid dienone is 1. The smallest absolute Gasteiger partial charge is 0.0936 e. The van der Waals surface area contributed by atoms with E-state index in [0.29, 0.717) is 6.42 Å². The highest BCUT2D eigenvalue weighted by molar-refractivity contribution is 4.82. The van der Waals surface area contributed by atoms with Crippen LogP contribution in [0.5, 0.6) is 0 Å². The highest BCUT2D eigenvalue weighted by Gasteiger charge is 1.90. The minimum absolute atomic E-state index is 0.433. The molecule has 0 aliphatic carbocycles. The predicted octanol–water partition coefficient (Wildman–Crippen LogP) is 2.94. The zero-order valence-corrected chi connectivity index (χ0v) is 6.97. The lowest BCUT2D eigenvalue weighted by atomic mass is 10.2. The fraction of sp³-hybridized carbons (Fsp3) is 0.778. The largest absolute Gasteiger partial charge is 0.233 e. The zero-order valence-electron chi connectivity index (χ0n) is 6.97. The van der Waals surface area contributed by atoms with Crippen molar-refractivity contribution in [2.75, 3.05) is 0 Å². The summed E-state index contributed by atoms with van der Waals surface area (Å²) in [6.45, 7) is 3.87. The van der Waals surface area contributed by atoms with E-state index in [1.807, 2.05) is 6.08 Å². The van der Waals surface area contributed by atoms with Gasteiger partial charge in [0.1, 0.15) is 0 Å². The predicted molar refractivity (Wildman–Crippen MR) is 43.4 cm³/mol. The van der Waals surface area contributed by atoms with Gasteiger partial charge in [-0.05, 0) is 19.8 Å². The molecule has 0 saturated heterocycles. The molecule has 0 bridgehead atoms. The highest BCUT2D eigenvalue weighted by atomic mass is 16.3. The van der Waals surface area contributed by atoms with Gasteiger partial charge in [0.05, 0.1) is 6.10 Å². The van der Waals surface area contributed by atoms with Crippen LogP contribution in [0.15, 0.2) is 12.2 Å². The van der Waals surface area contributed by atoms with Gasteiger partial charge in [-0.25, -0.2) is 5.11 Å². The van der Waals surface area contributed by atoms with Crippen LogP contribution in [0.3, 0.4) is 0 Å². The van der Waals surface area contributed by atoms with Crippen LogP contribution in [-0.2, 0) is 5.11 Å². The monoisotopic (exact) mass is 141 g/mol. The van der Waals surface area contributed by atoms with Gasteiger partial charge in [-0.15, -0.1) is 0 Å². The summed E-state index contributed by atoms with van der Waals surface area (Å²) in [7, 11) is 0. The van der Waals surface area contributed by atoms with Gasteiger partial charge in [-0.2, -0.15) is 0 Å². The fourth-order valence-corrected chi connectivity index (χ4v) is 0.728. The molecule has 1 unspecified atom stereocenters. The minimum Gasteiger partial charge on any atom is -0.233 e.